The number of likely N-dealkylation sites (tertiary alicyclic amines) is 2. The average molecular weight is 459 g/mol. The molecule has 3 unspecified atom stereocenters. The molecule has 2 aliphatic heterocycles. The summed E-state index contributed by atoms with van der Waals surface area (Å²) < 4.78 is 1.67. The highest BCUT2D eigenvalue weighted by atomic mass is 16.3. The maximum Gasteiger partial charge on any atom is 0.248 e. The first kappa shape index (κ1) is 22.8. The Morgan fingerprint density at radius 3 is 2.61 bits per heavy atom. The second-order valence-corrected chi connectivity index (χ2v) is 11.9. The molecule has 2 saturated heterocycles. The molecule has 1 aromatic rings. The molecule has 0 spiro atoms. The van der Waals surface area contributed by atoms with Gasteiger partial charge in [0, 0.05) is 44.2 Å². The van der Waals surface area contributed by atoms with Gasteiger partial charge in [-0.25, -0.2) is 4.68 Å². The molecular formula is C24H38N6O3. The fraction of sp³-hybridized carbons (Fsp3) is 0.833. The fourth-order valence-corrected chi connectivity index (χ4v) is 6.27. The van der Waals surface area contributed by atoms with Gasteiger partial charge in [0.1, 0.15) is 12.1 Å². The number of hydrogen-bond donors (Lipinski definition) is 2. The van der Waals surface area contributed by atoms with E-state index in [9.17, 15) is 14.7 Å². The van der Waals surface area contributed by atoms with Crippen LogP contribution < -0.4 is 5.32 Å². The third-order valence-corrected chi connectivity index (χ3v) is 8.07. The van der Waals surface area contributed by atoms with Gasteiger partial charge in [-0.2, -0.15) is 0 Å². The molecular weight excluding hydrogens is 420 g/mol. The van der Waals surface area contributed by atoms with E-state index in [1.165, 1.54) is 0 Å². The molecule has 4 aliphatic rings. The second-order valence-electron chi connectivity index (χ2n) is 11.9. The Morgan fingerprint density at radius 1 is 1.15 bits per heavy atom. The molecule has 1 aromatic heterocycles. The lowest BCUT2D eigenvalue weighted by molar-refractivity contribution is -0.144. The van der Waals surface area contributed by atoms with Crippen LogP contribution in [0.4, 0.5) is 0 Å². The lowest BCUT2D eigenvalue weighted by Crippen LogP contribution is -2.52. The monoisotopic (exact) mass is 458 g/mol. The van der Waals surface area contributed by atoms with Gasteiger partial charge in [0.2, 0.25) is 11.8 Å². The Morgan fingerprint density at radius 2 is 1.91 bits per heavy atom. The van der Waals surface area contributed by atoms with Gasteiger partial charge in [0.05, 0.1) is 11.8 Å². The van der Waals surface area contributed by atoms with E-state index in [1.54, 1.807) is 9.58 Å². The molecule has 6 atom stereocenters. The number of nitrogens with one attached hydrogen (secondary N) is 1. The molecule has 33 heavy (non-hydrogen) atoms. The van der Waals surface area contributed by atoms with Crippen molar-refractivity contribution in [3.63, 3.8) is 0 Å². The van der Waals surface area contributed by atoms with Gasteiger partial charge in [-0.15, -0.1) is 5.10 Å². The van der Waals surface area contributed by atoms with Crippen LogP contribution in [0.15, 0.2) is 6.20 Å². The number of hydrogen-bond acceptors (Lipinski definition) is 6. The van der Waals surface area contributed by atoms with Gasteiger partial charge >= 0.3 is 0 Å². The summed E-state index contributed by atoms with van der Waals surface area (Å²) in [5, 5.41) is 22.3. The molecule has 2 saturated carbocycles. The van der Waals surface area contributed by atoms with Crippen molar-refractivity contribution in [2.75, 3.05) is 26.7 Å². The van der Waals surface area contributed by atoms with Crippen LogP contribution in [-0.4, -0.2) is 86.6 Å². The summed E-state index contributed by atoms with van der Waals surface area (Å²) in [5.41, 5.74) is 0.512. The van der Waals surface area contributed by atoms with E-state index in [0.717, 1.165) is 44.5 Å². The van der Waals surface area contributed by atoms with Gasteiger partial charge in [0.15, 0.2) is 0 Å². The summed E-state index contributed by atoms with van der Waals surface area (Å²) >= 11 is 0. The van der Waals surface area contributed by atoms with Crippen LogP contribution >= 0.6 is 0 Å². The minimum absolute atomic E-state index is 0.134. The van der Waals surface area contributed by atoms with Crippen LogP contribution in [0.3, 0.4) is 0 Å². The van der Waals surface area contributed by atoms with Crippen LogP contribution in [0.25, 0.3) is 0 Å². The van der Waals surface area contributed by atoms with Crippen LogP contribution in [0.5, 0.6) is 0 Å². The number of aromatic nitrogens is 3. The van der Waals surface area contributed by atoms with Gasteiger partial charge in [-0.05, 0) is 50.0 Å². The summed E-state index contributed by atoms with van der Waals surface area (Å²) in [5.74, 6) is 1.27. The van der Waals surface area contributed by atoms with E-state index in [2.05, 4.69) is 27.6 Å². The standard InChI is InChI=1S/C24H38N6O3/c1-24(2,3)21(30-13-19(26-27-30)14-5-6-14)23(33)29-11-16(31)9-20(29)22(32)25-18-8-7-15-10-28(4)12-17(15)18/h13-18,20-21,31H,5-12H2,1-4H3,(H,25,32)/t15?,16-,17?,18?,20+,21-/m0/s1. The predicted octanol–water partition coefficient (Wildman–Crippen LogP) is 1.16. The van der Waals surface area contributed by atoms with Gasteiger partial charge in [0.25, 0.3) is 0 Å². The zero-order chi connectivity index (χ0) is 23.5. The average Bonchev–Trinajstić information content (AvgIpc) is 3.02. The zero-order valence-corrected chi connectivity index (χ0v) is 20.3. The van der Waals surface area contributed by atoms with Crippen LogP contribution in [0, 0.1) is 17.3 Å². The van der Waals surface area contributed by atoms with E-state index in [4.69, 9.17) is 0 Å². The van der Waals surface area contributed by atoms with Crippen LogP contribution in [-0.2, 0) is 9.59 Å². The summed E-state index contributed by atoms with van der Waals surface area (Å²) in [6, 6.07) is -1.09. The van der Waals surface area contributed by atoms with Gasteiger partial charge < -0.3 is 20.2 Å². The quantitative estimate of drug-likeness (QED) is 0.686. The third-order valence-electron chi connectivity index (χ3n) is 8.07. The number of fused-ring (bicyclic) bond motifs is 1. The van der Waals surface area contributed by atoms with E-state index < -0.39 is 23.6 Å². The fourth-order valence-electron chi connectivity index (χ4n) is 6.27. The number of aliphatic hydroxyl groups excluding tert-OH is 1. The second kappa shape index (κ2) is 8.34. The number of amides is 2. The SMILES string of the molecule is CN1CC2CCC(NC(=O)[C@H]3C[C@H](O)CN3C(=O)[C@H](n3cc(C4CC4)nn3)C(C)(C)C)C2C1. The first-order valence-corrected chi connectivity index (χ1v) is 12.5. The summed E-state index contributed by atoms with van der Waals surface area (Å²) in [6.45, 7) is 8.29. The number of rotatable bonds is 5. The van der Waals surface area contributed by atoms with Crippen LogP contribution in [0.1, 0.15) is 70.5 Å². The Kier molecular flexibility index (Phi) is 5.76. The molecule has 4 fully saturated rings. The maximum atomic E-state index is 13.9. The first-order chi connectivity index (χ1) is 15.6. The molecule has 3 heterocycles. The predicted molar refractivity (Wildman–Crippen MR) is 122 cm³/mol. The minimum atomic E-state index is -0.697. The van der Waals surface area contributed by atoms with Crippen molar-refractivity contribution in [3.8, 4) is 0 Å². The van der Waals surface area contributed by atoms with Crippen molar-refractivity contribution < 1.29 is 14.7 Å². The van der Waals surface area contributed by atoms with Crippen molar-refractivity contribution >= 4 is 11.8 Å². The molecule has 2 amide bonds. The third kappa shape index (κ3) is 4.41. The number of nitrogens with zero attached hydrogens (tertiary/aromatic N) is 5. The molecule has 182 valence electrons. The smallest absolute Gasteiger partial charge is 0.248 e. The molecule has 0 radical (unpaired) electrons. The zero-order valence-electron chi connectivity index (χ0n) is 20.3. The maximum absolute atomic E-state index is 13.9. The van der Waals surface area contributed by atoms with Crippen molar-refractivity contribution in [2.45, 2.75) is 83.0 Å². The lowest BCUT2D eigenvalue weighted by Gasteiger charge is -2.35. The lowest BCUT2D eigenvalue weighted by atomic mass is 9.85. The summed E-state index contributed by atoms with van der Waals surface area (Å²) in [6.07, 6.45) is 5.83. The van der Waals surface area contributed by atoms with Crippen molar-refractivity contribution in [1.82, 2.24) is 30.1 Å². The Balaban J connectivity index is 1.33. The molecule has 2 aliphatic carbocycles. The topological polar surface area (TPSA) is 104 Å². The Hall–Kier alpha value is -2.00. The molecule has 0 aromatic carbocycles. The largest absolute Gasteiger partial charge is 0.391 e. The number of β-amino-alcohol motifs (C(OH)–C–C–N with tert-alkyl or cyclic N) is 1. The van der Waals surface area contributed by atoms with Crippen molar-refractivity contribution in [1.29, 1.82) is 0 Å². The van der Waals surface area contributed by atoms with Gasteiger partial charge in [-0.1, -0.05) is 26.0 Å². The minimum Gasteiger partial charge on any atom is -0.391 e. The normalized spacial score (nSPS) is 33.4. The Labute approximate surface area is 195 Å². The van der Waals surface area contributed by atoms with E-state index in [1.807, 2.05) is 27.0 Å². The van der Waals surface area contributed by atoms with Crippen LogP contribution in [0.2, 0.25) is 0 Å². The van der Waals surface area contributed by atoms with E-state index in [-0.39, 0.29) is 30.8 Å². The van der Waals surface area contributed by atoms with E-state index >= 15 is 0 Å². The first-order valence-electron chi connectivity index (χ1n) is 12.5. The molecule has 0 bridgehead atoms. The Bertz CT molecular complexity index is 906. The molecule has 5 rings (SSSR count). The van der Waals surface area contributed by atoms with Crippen molar-refractivity contribution in [3.05, 3.63) is 11.9 Å². The molecule has 2 N–H and O–H groups in total. The molecule has 9 nitrogen and oxygen atoms in total. The molecule has 9 heteroatoms. The number of aliphatic hydroxyl groups is 1. The van der Waals surface area contributed by atoms with E-state index in [0.29, 0.717) is 17.8 Å². The summed E-state index contributed by atoms with van der Waals surface area (Å²) in [4.78, 5) is 31.2. The highest BCUT2D eigenvalue weighted by molar-refractivity contribution is 5.90. The summed E-state index contributed by atoms with van der Waals surface area (Å²) in [7, 11) is 2.14. The number of carbonyl (C=O) groups excluding carboxylic acids is 2. The highest BCUT2D eigenvalue weighted by Crippen LogP contribution is 2.41. The number of carbonyl (C=O) groups is 2. The van der Waals surface area contributed by atoms with Crippen molar-refractivity contribution in [2.24, 2.45) is 17.3 Å². The highest BCUT2D eigenvalue weighted by Gasteiger charge is 2.47. The van der Waals surface area contributed by atoms with Gasteiger partial charge in [-0.3, -0.25) is 9.59 Å².